The highest BCUT2D eigenvalue weighted by molar-refractivity contribution is 6.13. The molecule has 0 radical (unpaired) electrons. The van der Waals surface area contributed by atoms with E-state index in [9.17, 15) is 9.59 Å². The summed E-state index contributed by atoms with van der Waals surface area (Å²) < 4.78 is 6.74. The van der Waals surface area contributed by atoms with Gasteiger partial charge in [0.15, 0.2) is 5.82 Å². The molecule has 0 bridgehead atoms. The van der Waals surface area contributed by atoms with Crippen molar-refractivity contribution in [3.8, 4) is 11.8 Å². The number of nitriles is 1. The molecule has 1 aromatic heterocycles. The Morgan fingerprint density at radius 1 is 1.11 bits per heavy atom. The molecule has 0 unspecified atom stereocenters. The van der Waals surface area contributed by atoms with Gasteiger partial charge in [-0.15, -0.1) is 0 Å². The van der Waals surface area contributed by atoms with Crippen LogP contribution in [0.25, 0.3) is 16.6 Å². The van der Waals surface area contributed by atoms with Crippen LogP contribution in [0.3, 0.4) is 0 Å². The molecular weight excluding hydrogens is 356 g/mol. The van der Waals surface area contributed by atoms with Crippen LogP contribution in [0.4, 0.5) is 0 Å². The van der Waals surface area contributed by atoms with Crippen molar-refractivity contribution >= 4 is 16.7 Å². The fourth-order valence-electron chi connectivity index (χ4n) is 3.83. The van der Waals surface area contributed by atoms with Crippen molar-refractivity contribution in [2.45, 2.75) is 6.54 Å². The van der Waals surface area contributed by atoms with E-state index in [1.54, 1.807) is 18.2 Å². The number of fused-ring (bicyclic) bond motifs is 4. The van der Waals surface area contributed by atoms with Crippen LogP contribution in [-0.2, 0) is 11.3 Å². The predicted molar refractivity (Wildman–Crippen MR) is 102 cm³/mol. The van der Waals surface area contributed by atoms with Crippen molar-refractivity contribution in [3.05, 3.63) is 69.3 Å². The molecule has 138 valence electrons. The van der Waals surface area contributed by atoms with Crippen molar-refractivity contribution in [2.24, 2.45) is 0 Å². The summed E-state index contributed by atoms with van der Waals surface area (Å²) in [6.07, 6.45) is 0. The number of rotatable bonds is 2. The Hall–Kier alpha value is -3.34. The first kappa shape index (κ1) is 16.8. The number of aromatic nitrogens is 2. The maximum absolute atomic E-state index is 13.2. The average Bonchev–Trinajstić information content (AvgIpc) is 3.01. The number of ether oxygens (including phenoxy) is 1. The van der Waals surface area contributed by atoms with E-state index >= 15 is 0 Å². The lowest BCUT2D eigenvalue weighted by Crippen LogP contribution is -2.35. The van der Waals surface area contributed by atoms with Crippen LogP contribution < -0.4 is 5.56 Å². The highest BCUT2D eigenvalue weighted by Crippen LogP contribution is 2.27. The highest BCUT2D eigenvalue weighted by atomic mass is 16.5. The van der Waals surface area contributed by atoms with Gasteiger partial charge in [-0.3, -0.25) is 19.1 Å². The van der Waals surface area contributed by atoms with Gasteiger partial charge >= 0.3 is 0 Å². The Labute approximate surface area is 160 Å². The Morgan fingerprint density at radius 3 is 2.71 bits per heavy atom. The molecule has 7 nitrogen and oxygen atoms in total. The van der Waals surface area contributed by atoms with Gasteiger partial charge < -0.3 is 4.74 Å². The normalized spacial score (nSPS) is 16.0. The summed E-state index contributed by atoms with van der Waals surface area (Å²) in [5.74, 6) is -0.230. The fourth-order valence-corrected chi connectivity index (χ4v) is 3.83. The summed E-state index contributed by atoms with van der Waals surface area (Å²) in [4.78, 5) is 32.7. The summed E-state index contributed by atoms with van der Waals surface area (Å²) in [6.45, 7) is 3.90. The zero-order valence-electron chi connectivity index (χ0n) is 15.0. The fraction of sp³-hybridized carbons (Fsp3) is 0.238. The molecule has 2 aromatic carbocycles. The number of morpholine rings is 1. The second-order valence-electron chi connectivity index (χ2n) is 6.99. The average molecular weight is 372 g/mol. The third-order valence-electron chi connectivity index (χ3n) is 5.26. The van der Waals surface area contributed by atoms with E-state index in [4.69, 9.17) is 10.00 Å². The van der Waals surface area contributed by atoms with Gasteiger partial charge in [-0.1, -0.05) is 6.07 Å². The molecule has 28 heavy (non-hydrogen) atoms. The van der Waals surface area contributed by atoms with E-state index in [-0.39, 0.29) is 17.2 Å². The van der Waals surface area contributed by atoms with Gasteiger partial charge in [0, 0.05) is 19.6 Å². The minimum absolute atomic E-state index is 0.100. The van der Waals surface area contributed by atoms with Crippen LogP contribution in [0.1, 0.15) is 27.3 Å². The smallest absolute Gasteiger partial charge is 0.266 e. The monoisotopic (exact) mass is 372 g/mol. The van der Waals surface area contributed by atoms with E-state index in [0.29, 0.717) is 27.7 Å². The van der Waals surface area contributed by atoms with Crippen LogP contribution in [0.2, 0.25) is 0 Å². The van der Waals surface area contributed by atoms with Crippen LogP contribution >= 0.6 is 0 Å². The number of carbonyl (C=O) groups excluding carboxylic acids is 1. The van der Waals surface area contributed by atoms with E-state index < -0.39 is 0 Å². The predicted octanol–water partition coefficient (Wildman–Crippen LogP) is 1.63. The summed E-state index contributed by atoms with van der Waals surface area (Å²) in [6, 6.07) is 12.4. The Balaban J connectivity index is 1.63. The van der Waals surface area contributed by atoms with Crippen molar-refractivity contribution in [1.82, 2.24) is 14.5 Å². The summed E-state index contributed by atoms with van der Waals surface area (Å²) in [5.41, 5.74) is 2.47. The molecule has 3 aromatic rings. The standard InChI is InChI=1S/C21H16N4O3/c22-11-13-2-4-18-16(9-13)19(26)20-23-17-3-1-14(10-15(17)21(27)25(18)20)12-24-5-7-28-8-6-24/h1-4,9-10H,5-8,12H2. The Bertz CT molecular complexity index is 1230. The van der Waals surface area contributed by atoms with Crippen molar-refractivity contribution < 1.29 is 9.53 Å². The molecule has 5 rings (SSSR count). The van der Waals surface area contributed by atoms with E-state index in [1.165, 1.54) is 10.6 Å². The van der Waals surface area contributed by atoms with Gasteiger partial charge in [-0.05, 0) is 35.9 Å². The quantitative estimate of drug-likeness (QED) is 0.531. The molecule has 7 heteroatoms. The topological polar surface area (TPSA) is 88.2 Å². The molecule has 2 aliphatic rings. The van der Waals surface area contributed by atoms with Crippen molar-refractivity contribution in [3.63, 3.8) is 0 Å². The second-order valence-corrected chi connectivity index (χ2v) is 6.99. The number of ketones is 1. The minimum Gasteiger partial charge on any atom is -0.379 e. The first-order chi connectivity index (χ1) is 13.7. The lowest BCUT2D eigenvalue weighted by Gasteiger charge is -2.26. The zero-order valence-corrected chi connectivity index (χ0v) is 15.0. The zero-order chi connectivity index (χ0) is 19.3. The Kier molecular flexibility index (Phi) is 3.83. The molecule has 0 atom stereocenters. The summed E-state index contributed by atoms with van der Waals surface area (Å²) in [5, 5.41) is 9.57. The molecule has 0 saturated carbocycles. The molecule has 3 heterocycles. The Morgan fingerprint density at radius 2 is 1.93 bits per heavy atom. The van der Waals surface area contributed by atoms with Crippen LogP contribution in [0.5, 0.6) is 0 Å². The van der Waals surface area contributed by atoms with Gasteiger partial charge in [0.1, 0.15) is 0 Å². The maximum atomic E-state index is 13.2. The highest BCUT2D eigenvalue weighted by Gasteiger charge is 2.30. The number of benzene rings is 2. The lowest BCUT2D eigenvalue weighted by molar-refractivity contribution is 0.0342. The lowest BCUT2D eigenvalue weighted by atomic mass is 10.1. The van der Waals surface area contributed by atoms with Gasteiger partial charge in [-0.25, -0.2) is 4.98 Å². The van der Waals surface area contributed by atoms with Gasteiger partial charge in [-0.2, -0.15) is 5.26 Å². The van der Waals surface area contributed by atoms with Crippen LogP contribution in [0.15, 0.2) is 41.2 Å². The van der Waals surface area contributed by atoms with Gasteiger partial charge in [0.25, 0.3) is 5.56 Å². The van der Waals surface area contributed by atoms with E-state index in [1.807, 2.05) is 18.2 Å². The van der Waals surface area contributed by atoms with E-state index in [2.05, 4.69) is 9.88 Å². The number of hydrogen-bond donors (Lipinski definition) is 0. The third-order valence-corrected chi connectivity index (χ3v) is 5.26. The molecule has 1 fully saturated rings. The number of carbonyl (C=O) groups is 1. The SMILES string of the molecule is N#Cc1ccc2c(c1)C(=O)c1nc3ccc(CN4CCOCC4)cc3c(=O)n1-2. The van der Waals surface area contributed by atoms with Crippen molar-refractivity contribution in [2.75, 3.05) is 26.3 Å². The summed E-state index contributed by atoms with van der Waals surface area (Å²) >= 11 is 0. The molecule has 0 amide bonds. The number of nitrogens with zero attached hydrogens (tertiary/aromatic N) is 4. The van der Waals surface area contributed by atoms with Gasteiger partial charge in [0.05, 0.1) is 47.0 Å². The molecular formula is C21H16N4O3. The van der Waals surface area contributed by atoms with Gasteiger partial charge in [0.2, 0.25) is 5.78 Å². The molecule has 0 aliphatic carbocycles. The van der Waals surface area contributed by atoms with Crippen LogP contribution in [-0.4, -0.2) is 46.5 Å². The molecule has 2 aliphatic heterocycles. The summed E-state index contributed by atoms with van der Waals surface area (Å²) in [7, 11) is 0. The number of hydrogen-bond acceptors (Lipinski definition) is 6. The third kappa shape index (κ3) is 2.54. The molecule has 0 spiro atoms. The van der Waals surface area contributed by atoms with Crippen molar-refractivity contribution in [1.29, 1.82) is 5.26 Å². The maximum Gasteiger partial charge on any atom is 0.266 e. The molecule has 0 N–H and O–H groups in total. The first-order valence-electron chi connectivity index (χ1n) is 9.11. The first-order valence-corrected chi connectivity index (χ1v) is 9.11. The largest absolute Gasteiger partial charge is 0.379 e. The minimum atomic E-state index is -0.330. The van der Waals surface area contributed by atoms with E-state index in [0.717, 1.165) is 38.4 Å². The second kappa shape index (κ2) is 6.37. The van der Waals surface area contributed by atoms with Crippen LogP contribution in [0, 0.1) is 11.3 Å². The molecule has 1 saturated heterocycles.